The first kappa shape index (κ1) is 18.5. The maximum atomic E-state index is 4.85. The van der Waals surface area contributed by atoms with Crippen LogP contribution >= 0.6 is 0 Å². The van der Waals surface area contributed by atoms with Gasteiger partial charge in [0.2, 0.25) is 0 Å². The van der Waals surface area contributed by atoms with Crippen molar-refractivity contribution in [3.63, 3.8) is 0 Å². The van der Waals surface area contributed by atoms with Crippen molar-refractivity contribution in [3.05, 3.63) is 65.9 Å². The topological polar surface area (TPSA) is 30.9 Å². The largest absolute Gasteiger partial charge is 0.369 e. The molecule has 3 rings (SSSR count). The molecule has 2 aliphatic heterocycles. The van der Waals surface area contributed by atoms with Crippen LogP contribution < -0.4 is 5.32 Å². The fourth-order valence-electron chi connectivity index (χ4n) is 3.48. The van der Waals surface area contributed by atoms with Gasteiger partial charge in [-0.3, -0.25) is 0 Å². The molecular formula is C22H30N4. The van der Waals surface area contributed by atoms with E-state index < -0.39 is 0 Å². The summed E-state index contributed by atoms with van der Waals surface area (Å²) in [6, 6.07) is 10.4. The van der Waals surface area contributed by atoms with Crippen molar-refractivity contribution in [2.75, 3.05) is 26.2 Å². The normalized spacial score (nSPS) is 19.9. The van der Waals surface area contributed by atoms with Gasteiger partial charge in [-0.1, -0.05) is 42.5 Å². The molecule has 2 aliphatic rings. The van der Waals surface area contributed by atoms with Crippen LogP contribution in [0.4, 0.5) is 0 Å². The van der Waals surface area contributed by atoms with E-state index in [-0.39, 0.29) is 0 Å². The Morgan fingerprint density at radius 3 is 2.58 bits per heavy atom. The maximum Gasteiger partial charge on any atom is 0.146 e. The summed E-state index contributed by atoms with van der Waals surface area (Å²) in [6.07, 6.45) is 12.3. The Labute approximate surface area is 157 Å². The average molecular weight is 351 g/mol. The number of hydrazone groups is 1. The van der Waals surface area contributed by atoms with Gasteiger partial charge in [0.1, 0.15) is 5.84 Å². The fraction of sp³-hybridized carbons (Fsp3) is 0.409. The van der Waals surface area contributed by atoms with Crippen LogP contribution in [-0.4, -0.2) is 41.9 Å². The summed E-state index contributed by atoms with van der Waals surface area (Å²) in [6.45, 7) is 8.77. The quantitative estimate of drug-likeness (QED) is 0.780. The van der Waals surface area contributed by atoms with E-state index in [1.807, 2.05) is 11.1 Å². The number of hydrogen-bond acceptors (Lipinski definition) is 4. The predicted molar refractivity (Wildman–Crippen MR) is 111 cm³/mol. The molecule has 26 heavy (non-hydrogen) atoms. The van der Waals surface area contributed by atoms with Gasteiger partial charge in [-0.15, -0.1) is 5.10 Å². The van der Waals surface area contributed by atoms with Crippen LogP contribution in [0.5, 0.6) is 0 Å². The predicted octanol–water partition coefficient (Wildman–Crippen LogP) is 4.21. The van der Waals surface area contributed by atoms with Crippen LogP contribution in [0, 0.1) is 0 Å². The lowest BCUT2D eigenvalue weighted by Gasteiger charge is -2.27. The smallest absolute Gasteiger partial charge is 0.146 e. The highest BCUT2D eigenvalue weighted by molar-refractivity contribution is 5.94. The highest BCUT2D eigenvalue weighted by atomic mass is 15.5. The number of nitrogens with one attached hydrogen (secondary N) is 1. The van der Waals surface area contributed by atoms with E-state index in [4.69, 9.17) is 5.10 Å². The van der Waals surface area contributed by atoms with E-state index in [1.54, 1.807) is 0 Å². The molecule has 1 aromatic rings. The Bertz CT molecular complexity index is 694. The molecule has 0 saturated carbocycles. The highest BCUT2D eigenvalue weighted by Gasteiger charge is 2.17. The molecule has 2 heterocycles. The summed E-state index contributed by atoms with van der Waals surface area (Å²) < 4.78 is 0. The van der Waals surface area contributed by atoms with E-state index in [0.29, 0.717) is 0 Å². The van der Waals surface area contributed by atoms with Gasteiger partial charge in [0.05, 0.1) is 11.4 Å². The van der Waals surface area contributed by atoms with Crippen molar-refractivity contribution in [2.45, 2.75) is 33.1 Å². The molecule has 0 aliphatic carbocycles. The molecule has 0 amide bonds. The van der Waals surface area contributed by atoms with Crippen LogP contribution in [-0.2, 0) is 0 Å². The van der Waals surface area contributed by atoms with Crippen molar-refractivity contribution in [1.82, 2.24) is 15.2 Å². The number of rotatable bonds is 6. The fourth-order valence-corrected chi connectivity index (χ4v) is 3.48. The Hall–Kier alpha value is -2.33. The minimum atomic E-state index is 0.923. The van der Waals surface area contributed by atoms with Crippen LogP contribution in [0.15, 0.2) is 65.4 Å². The summed E-state index contributed by atoms with van der Waals surface area (Å²) in [4.78, 5) is 2.55. The molecule has 1 N–H and O–H groups in total. The zero-order valence-corrected chi connectivity index (χ0v) is 16.0. The molecule has 0 spiro atoms. The lowest BCUT2D eigenvalue weighted by Crippen LogP contribution is -2.31. The number of amidine groups is 1. The molecule has 1 fully saturated rings. The van der Waals surface area contributed by atoms with Gasteiger partial charge in [-0.25, -0.2) is 5.01 Å². The van der Waals surface area contributed by atoms with Crippen molar-refractivity contribution >= 4 is 11.5 Å². The second-order valence-electron chi connectivity index (χ2n) is 6.71. The molecule has 0 unspecified atom stereocenters. The van der Waals surface area contributed by atoms with Gasteiger partial charge in [0, 0.05) is 6.54 Å². The number of benzene rings is 1. The van der Waals surface area contributed by atoms with Crippen LogP contribution in [0.3, 0.4) is 0 Å². The molecule has 138 valence electrons. The zero-order chi connectivity index (χ0) is 18.2. The van der Waals surface area contributed by atoms with Gasteiger partial charge in [0.15, 0.2) is 0 Å². The minimum absolute atomic E-state index is 0.923. The Morgan fingerprint density at radius 2 is 1.88 bits per heavy atom. The Balaban J connectivity index is 1.64. The van der Waals surface area contributed by atoms with E-state index >= 15 is 0 Å². The van der Waals surface area contributed by atoms with Gasteiger partial charge in [-0.2, -0.15) is 0 Å². The summed E-state index contributed by atoms with van der Waals surface area (Å²) in [7, 11) is 0. The molecule has 0 bridgehead atoms. The SMILES string of the molecule is CC=C1C=CC(NCCCN2CCCC2)=NN1/C(=C\C)c1ccccc1. The summed E-state index contributed by atoms with van der Waals surface area (Å²) >= 11 is 0. The van der Waals surface area contributed by atoms with Crippen molar-refractivity contribution in [1.29, 1.82) is 0 Å². The number of allylic oxidation sites excluding steroid dienone is 3. The van der Waals surface area contributed by atoms with E-state index in [2.05, 4.69) is 72.6 Å². The maximum absolute atomic E-state index is 4.85. The molecule has 4 nitrogen and oxygen atoms in total. The van der Waals surface area contributed by atoms with Crippen molar-refractivity contribution < 1.29 is 0 Å². The summed E-state index contributed by atoms with van der Waals surface area (Å²) in [5, 5.41) is 10.4. The first-order chi connectivity index (χ1) is 12.8. The van der Waals surface area contributed by atoms with E-state index in [9.17, 15) is 0 Å². The molecule has 0 radical (unpaired) electrons. The number of hydrogen-bond donors (Lipinski definition) is 1. The third-order valence-electron chi connectivity index (χ3n) is 4.89. The highest BCUT2D eigenvalue weighted by Crippen LogP contribution is 2.26. The van der Waals surface area contributed by atoms with E-state index in [1.165, 1.54) is 38.0 Å². The van der Waals surface area contributed by atoms with Gasteiger partial charge >= 0.3 is 0 Å². The monoisotopic (exact) mass is 350 g/mol. The molecule has 1 aromatic carbocycles. The Kier molecular flexibility index (Phi) is 6.67. The lowest BCUT2D eigenvalue weighted by molar-refractivity contribution is 0.334. The molecule has 1 saturated heterocycles. The van der Waals surface area contributed by atoms with Crippen molar-refractivity contribution in [2.24, 2.45) is 5.10 Å². The van der Waals surface area contributed by atoms with E-state index in [0.717, 1.165) is 30.2 Å². The zero-order valence-electron chi connectivity index (χ0n) is 16.0. The number of likely N-dealkylation sites (tertiary alicyclic amines) is 1. The second kappa shape index (κ2) is 9.39. The second-order valence-corrected chi connectivity index (χ2v) is 6.71. The summed E-state index contributed by atoms with van der Waals surface area (Å²) in [5.74, 6) is 0.923. The molecule has 4 heteroatoms. The van der Waals surface area contributed by atoms with Gasteiger partial charge < -0.3 is 10.2 Å². The molecular weight excluding hydrogens is 320 g/mol. The Morgan fingerprint density at radius 1 is 1.12 bits per heavy atom. The minimum Gasteiger partial charge on any atom is -0.369 e. The number of nitrogens with zero attached hydrogens (tertiary/aromatic N) is 3. The third-order valence-corrected chi connectivity index (χ3v) is 4.89. The molecule has 0 atom stereocenters. The first-order valence-electron chi connectivity index (χ1n) is 9.73. The van der Waals surface area contributed by atoms with Gasteiger partial charge in [0.25, 0.3) is 0 Å². The van der Waals surface area contributed by atoms with Crippen LogP contribution in [0.25, 0.3) is 5.70 Å². The average Bonchev–Trinajstić information content (AvgIpc) is 3.20. The lowest BCUT2D eigenvalue weighted by atomic mass is 10.1. The van der Waals surface area contributed by atoms with Crippen molar-refractivity contribution in [3.8, 4) is 0 Å². The van der Waals surface area contributed by atoms with Crippen LogP contribution in [0.2, 0.25) is 0 Å². The van der Waals surface area contributed by atoms with Crippen LogP contribution in [0.1, 0.15) is 38.7 Å². The summed E-state index contributed by atoms with van der Waals surface area (Å²) in [5.41, 5.74) is 3.35. The third kappa shape index (κ3) is 4.64. The van der Waals surface area contributed by atoms with Gasteiger partial charge in [-0.05, 0) is 70.5 Å². The first-order valence-corrected chi connectivity index (χ1v) is 9.73. The molecule has 0 aromatic heterocycles. The standard InChI is InChI=1S/C22H30N4/c1-3-20-13-14-22(23-15-10-18-25-16-8-9-17-25)24-26(20)21(4-2)19-11-6-5-7-12-19/h3-7,11-14H,8-10,15-18H2,1-2H3,(H,23,24)/b20-3?,21-4-.